The molecule has 0 spiro atoms. The first-order chi connectivity index (χ1) is 11.2. The van der Waals surface area contributed by atoms with Crippen LogP contribution in [0.25, 0.3) is 0 Å². The number of unbranched alkanes of at least 4 members (excludes halogenated alkanes) is 1. The molecular weight excluding hydrogens is 291 g/mol. The number of hydrogen-bond acceptors (Lipinski definition) is 2. The smallest absolute Gasteiger partial charge is 0.135 e. The van der Waals surface area contributed by atoms with Crippen molar-refractivity contribution < 1.29 is 13.9 Å². The molecule has 0 N–H and O–H groups in total. The molecule has 0 aromatic heterocycles. The van der Waals surface area contributed by atoms with Gasteiger partial charge in [-0.2, -0.15) is 0 Å². The molecule has 2 unspecified atom stereocenters. The minimum atomic E-state index is -0.158. The molecule has 1 aromatic carbocycles. The van der Waals surface area contributed by atoms with Crippen molar-refractivity contribution in [3.05, 3.63) is 35.6 Å². The summed E-state index contributed by atoms with van der Waals surface area (Å²) in [6, 6.07) is 6.84. The van der Waals surface area contributed by atoms with Crippen molar-refractivity contribution in [2.24, 2.45) is 5.92 Å². The van der Waals surface area contributed by atoms with Gasteiger partial charge in [-0.3, -0.25) is 4.79 Å². The fourth-order valence-corrected chi connectivity index (χ4v) is 3.52. The van der Waals surface area contributed by atoms with E-state index in [4.69, 9.17) is 4.74 Å². The summed E-state index contributed by atoms with van der Waals surface area (Å²) in [4.78, 5) is 11.9. The number of hydrogen-bond donors (Lipinski definition) is 0. The predicted molar refractivity (Wildman–Crippen MR) is 91.0 cm³/mol. The number of rotatable bonds is 9. The molecule has 2 nitrogen and oxygen atoms in total. The van der Waals surface area contributed by atoms with Gasteiger partial charge in [0, 0.05) is 19.4 Å². The highest BCUT2D eigenvalue weighted by molar-refractivity contribution is 5.81. The van der Waals surface area contributed by atoms with E-state index in [0.717, 1.165) is 63.4 Å². The number of halogens is 1. The van der Waals surface area contributed by atoms with Crippen LogP contribution in [-0.4, -0.2) is 19.0 Å². The van der Waals surface area contributed by atoms with Gasteiger partial charge in [0.15, 0.2) is 0 Å². The average molecular weight is 320 g/mol. The summed E-state index contributed by atoms with van der Waals surface area (Å²) >= 11 is 0. The molecule has 0 bridgehead atoms. The van der Waals surface area contributed by atoms with Gasteiger partial charge in [-0.05, 0) is 62.6 Å². The van der Waals surface area contributed by atoms with Gasteiger partial charge in [0.25, 0.3) is 0 Å². The summed E-state index contributed by atoms with van der Waals surface area (Å²) in [6.45, 7) is 0. The molecule has 0 radical (unpaired) electrons. The van der Waals surface area contributed by atoms with E-state index in [2.05, 4.69) is 0 Å². The molecule has 1 saturated carbocycles. The fraction of sp³-hybridized carbons (Fsp3) is 0.650. The van der Waals surface area contributed by atoms with Crippen LogP contribution in [0.1, 0.15) is 63.4 Å². The zero-order valence-corrected chi connectivity index (χ0v) is 14.2. The van der Waals surface area contributed by atoms with Gasteiger partial charge in [0.1, 0.15) is 11.6 Å². The number of aryl methyl sites for hydroxylation is 1. The molecule has 3 heteroatoms. The van der Waals surface area contributed by atoms with E-state index in [1.54, 1.807) is 19.2 Å². The summed E-state index contributed by atoms with van der Waals surface area (Å²) < 4.78 is 18.7. The molecule has 1 aliphatic rings. The number of Topliss-reactive ketones (excluding diaryl/α,β-unsaturated/α-hetero) is 1. The van der Waals surface area contributed by atoms with Crippen molar-refractivity contribution in [3.63, 3.8) is 0 Å². The molecule has 1 fully saturated rings. The summed E-state index contributed by atoms with van der Waals surface area (Å²) in [7, 11) is 1.76. The van der Waals surface area contributed by atoms with Gasteiger partial charge < -0.3 is 4.74 Å². The molecular formula is C20H29FO2. The third-order valence-electron chi connectivity index (χ3n) is 4.98. The monoisotopic (exact) mass is 320 g/mol. The lowest BCUT2D eigenvalue weighted by atomic mass is 9.84. The topological polar surface area (TPSA) is 26.3 Å². The Balaban J connectivity index is 1.63. The van der Waals surface area contributed by atoms with E-state index in [1.165, 1.54) is 12.5 Å². The largest absolute Gasteiger partial charge is 0.381 e. The lowest BCUT2D eigenvalue weighted by Crippen LogP contribution is -2.21. The normalized spacial score (nSPS) is 19.7. The summed E-state index contributed by atoms with van der Waals surface area (Å²) in [5, 5.41) is 0. The minimum absolute atomic E-state index is 0.158. The Morgan fingerprint density at radius 2 is 2.13 bits per heavy atom. The van der Waals surface area contributed by atoms with Gasteiger partial charge in [0.05, 0.1) is 6.10 Å². The Labute approximate surface area is 139 Å². The number of benzene rings is 1. The molecule has 0 amide bonds. The van der Waals surface area contributed by atoms with Gasteiger partial charge in [-0.15, -0.1) is 0 Å². The van der Waals surface area contributed by atoms with E-state index in [-0.39, 0.29) is 17.8 Å². The lowest BCUT2D eigenvalue weighted by molar-refractivity contribution is -0.125. The summed E-state index contributed by atoms with van der Waals surface area (Å²) in [6.07, 6.45) is 10.4. The lowest BCUT2D eigenvalue weighted by Gasteiger charge is -2.22. The van der Waals surface area contributed by atoms with Gasteiger partial charge in [-0.25, -0.2) is 4.39 Å². The summed E-state index contributed by atoms with van der Waals surface area (Å²) in [5.41, 5.74) is 1.06. The molecule has 0 heterocycles. The Kier molecular flexibility index (Phi) is 7.73. The van der Waals surface area contributed by atoms with Crippen molar-refractivity contribution in [3.8, 4) is 0 Å². The van der Waals surface area contributed by atoms with Crippen LogP contribution >= 0.6 is 0 Å². The zero-order chi connectivity index (χ0) is 16.5. The first kappa shape index (κ1) is 18.1. The van der Waals surface area contributed by atoms with Gasteiger partial charge in [0.2, 0.25) is 0 Å². The molecule has 2 atom stereocenters. The second-order valence-electron chi connectivity index (χ2n) is 6.72. The molecule has 23 heavy (non-hydrogen) atoms. The van der Waals surface area contributed by atoms with Gasteiger partial charge in [-0.1, -0.05) is 25.0 Å². The van der Waals surface area contributed by atoms with Crippen LogP contribution < -0.4 is 0 Å². The van der Waals surface area contributed by atoms with E-state index < -0.39 is 0 Å². The number of ketones is 1. The minimum Gasteiger partial charge on any atom is -0.381 e. The van der Waals surface area contributed by atoms with Crippen LogP contribution in [0.4, 0.5) is 4.39 Å². The second-order valence-corrected chi connectivity index (χ2v) is 6.72. The van der Waals surface area contributed by atoms with E-state index in [9.17, 15) is 9.18 Å². The van der Waals surface area contributed by atoms with Crippen LogP contribution in [0, 0.1) is 11.7 Å². The second kappa shape index (κ2) is 9.82. The van der Waals surface area contributed by atoms with Crippen molar-refractivity contribution in [2.45, 2.75) is 70.3 Å². The molecule has 0 saturated heterocycles. The highest BCUT2D eigenvalue weighted by atomic mass is 19.1. The van der Waals surface area contributed by atoms with Crippen molar-refractivity contribution in [2.75, 3.05) is 7.11 Å². The van der Waals surface area contributed by atoms with Crippen LogP contribution in [0.3, 0.4) is 0 Å². The first-order valence-corrected chi connectivity index (χ1v) is 8.99. The molecule has 1 aliphatic carbocycles. The standard InChI is InChI=1S/C20H29FO2/c1-23-19(14-13-17-9-3-5-12-20(17)22)11-4-2-7-16-8-6-10-18(21)15-16/h6,8,10,15,17,19H,2-5,7,9,11-14H2,1H3. The van der Waals surface area contributed by atoms with Crippen LogP contribution in [0.2, 0.25) is 0 Å². The third kappa shape index (κ3) is 6.42. The molecule has 128 valence electrons. The van der Waals surface area contributed by atoms with Crippen molar-refractivity contribution in [1.29, 1.82) is 0 Å². The van der Waals surface area contributed by atoms with Crippen LogP contribution in [-0.2, 0) is 16.0 Å². The highest BCUT2D eigenvalue weighted by Crippen LogP contribution is 2.26. The average Bonchev–Trinajstić information content (AvgIpc) is 2.55. The third-order valence-corrected chi connectivity index (χ3v) is 4.98. The van der Waals surface area contributed by atoms with E-state index >= 15 is 0 Å². The number of methoxy groups -OCH3 is 1. The molecule has 2 rings (SSSR count). The van der Waals surface area contributed by atoms with Crippen LogP contribution in [0.5, 0.6) is 0 Å². The van der Waals surface area contributed by atoms with Gasteiger partial charge >= 0.3 is 0 Å². The molecule has 0 aliphatic heterocycles. The zero-order valence-electron chi connectivity index (χ0n) is 14.2. The van der Waals surface area contributed by atoms with E-state index in [0.29, 0.717) is 5.78 Å². The maximum absolute atomic E-state index is 13.1. The maximum atomic E-state index is 13.1. The maximum Gasteiger partial charge on any atom is 0.135 e. The number of carbonyl (C=O) groups excluding carboxylic acids is 1. The van der Waals surface area contributed by atoms with Crippen molar-refractivity contribution in [1.82, 2.24) is 0 Å². The van der Waals surface area contributed by atoms with Crippen molar-refractivity contribution >= 4 is 5.78 Å². The van der Waals surface area contributed by atoms with E-state index in [1.807, 2.05) is 6.07 Å². The Hall–Kier alpha value is -1.22. The Morgan fingerprint density at radius 1 is 1.26 bits per heavy atom. The Morgan fingerprint density at radius 3 is 2.87 bits per heavy atom. The van der Waals surface area contributed by atoms with Crippen LogP contribution in [0.15, 0.2) is 24.3 Å². The highest BCUT2D eigenvalue weighted by Gasteiger charge is 2.22. The fourth-order valence-electron chi connectivity index (χ4n) is 3.52. The Bertz CT molecular complexity index is 486. The predicted octanol–water partition coefficient (Wildman–Crippen LogP) is 5.09. The SMILES string of the molecule is COC(CCCCc1cccc(F)c1)CCC1CCCCC1=O. The molecule has 1 aromatic rings. The quantitative estimate of drug-likeness (QED) is 0.592. The summed E-state index contributed by atoms with van der Waals surface area (Å²) in [5.74, 6) is 0.570. The first-order valence-electron chi connectivity index (χ1n) is 8.99. The number of carbonyl (C=O) groups is 1. The number of ether oxygens (including phenoxy) is 1.